The summed E-state index contributed by atoms with van der Waals surface area (Å²) in [6.45, 7) is 1.89. The topological polar surface area (TPSA) is 47.6 Å². The Bertz CT molecular complexity index is 953. The average molecular weight is 412 g/mol. The van der Waals surface area contributed by atoms with Crippen LogP contribution in [0.25, 0.3) is 0 Å². The Morgan fingerprint density at radius 3 is 2.77 bits per heavy atom. The van der Waals surface area contributed by atoms with Gasteiger partial charge in [-0.05, 0) is 60.7 Å². The van der Waals surface area contributed by atoms with Crippen LogP contribution >= 0.6 is 15.9 Å². The van der Waals surface area contributed by atoms with Gasteiger partial charge in [0.25, 0.3) is 0 Å². The Kier molecular flexibility index (Phi) is 3.60. The van der Waals surface area contributed by atoms with Crippen molar-refractivity contribution >= 4 is 27.4 Å². The zero-order valence-corrected chi connectivity index (χ0v) is 15.9. The van der Waals surface area contributed by atoms with Crippen LogP contribution in [0, 0.1) is 5.92 Å². The van der Waals surface area contributed by atoms with E-state index in [0.29, 0.717) is 11.8 Å². The van der Waals surface area contributed by atoms with Crippen LogP contribution in [-0.4, -0.2) is 12.6 Å². The van der Waals surface area contributed by atoms with E-state index in [4.69, 9.17) is 9.47 Å². The first-order valence-electron chi connectivity index (χ1n) is 8.79. The lowest BCUT2D eigenvalue weighted by atomic mass is 9.76. The number of hydrogen-bond donors (Lipinski definition) is 1. The Hall–Kier alpha value is -2.27. The molecule has 1 unspecified atom stereocenters. The minimum absolute atomic E-state index is 0.104. The van der Waals surface area contributed by atoms with Crippen LogP contribution in [0.3, 0.4) is 0 Å². The lowest BCUT2D eigenvalue weighted by molar-refractivity contribution is 0.101. The van der Waals surface area contributed by atoms with Crippen molar-refractivity contribution in [3.8, 4) is 11.5 Å². The van der Waals surface area contributed by atoms with Crippen molar-refractivity contribution in [1.82, 2.24) is 0 Å². The number of ketones is 1. The van der Waals surface area contributed by atoms with Gasteiger partial charge in [-0.1, -0.05) is 28.1 Å². The lowest BCUT2D eigenvalue weighted by Gasteiger charge is -2.38. The number of rotatable bonds is 2. The molecule has 5 heteroatoms. The maximum absolute atomic E-state index is 11.8. The van der Waals surface area contributed by atoms with Crippen molar-refractivity contribution in [1.29, 1.82) is 0 Å². The monoisotopic (exact) mass is 411 g/mol. The summed E-state index contributed by atoms with van der Waals surface area (Å²) in [4.78, 5) is 11.8. The van der Waals surface area contributed by atoms with Gasteiger partial charge in [0.15, 0.2) is 17.3 Å². The van der Waals surface area contributed by atoms with E-state index < -0.39 is 0 Å². The summed E-state index contributed by atoms with van der Waals surface area (Å²) in [5, 5.41) is 3.71. The molecule has 0 radical (unpaired) electrons. The van der Waals surface area contributed by atoms with E-state index in [1.165, 1.54) is 11.1 Å². The Labute approximate surface area is 160 Å². The zero-order valence-electron chi connectivity index (χ0n) is 14.3. The fourth-order valence-electron chi connectivity index (χ4n) is 4.29. The highest BCUT2D eigenvalue weighted by molar-refractivity contribution is 9.10. The van der Waals surface area contributed by atoms with Gasteiger partial charge in [-0.2, -0.15) is 0 Å². The van der Waals surface area contributed by atoms with Crippen molar-refractivity contribution in [2.75, 3.05) is 12.1 Å². The first kappa shape index (κ1) is 15.9. The van der Waals surface area contributed by atoms with Crippen molar-refractivity contribution in [2.24, 2.45) is 5.92 Å². The number of ether oxygens (including phenoxy) is 2. The number of allylic oxidation sites excluding steroid dienone is 2. The van der Waals surface area contributed by atoms with E-state index in [9.17, 15) is 4.79 Å². The van der Waals surface area contributed by atoms with Gasteiger partial charge in [0.05, 0.1) is 6.04 Å². The average Bonchev–Trinajstić information content (AvgIpc) is 3.29. The van der Waals surface area contributed by atoms with Gasteiger partial charge in [0, 0.05) is 21.6 Å². The first-order chi connectivity index (χ1) is 12.6. The highest BCUT2D eigenvalue weighted by atomic mass is 79.9. The van der Waals surface area contributed by atoms with E-state index in [1.54, 1.807) is 6.92 Å². The molecule has 0 saturated heterocycles. The summed E-state index contributed by atoms with van der Waals surface area (Å²) in [5.41, 5.74) is 4.25. The van der Waals surface area contributed by atoms with E-state index >= 15 is 0 Å². The standard InChI is InChI=1S/C21H18BrNO3/c1-11(24)12-5-6-18-15(7-12)13-3-2-4-14(13)21(23-18)16-8-19-20(9-17(16)22)26-10-25-19/h2-3,5-9,13-14,21,23H,4,10H2,1H3/t13-,14-,21?/m1/s1. The van der Waals surface area contributed by atoms with Gasteiger partial charge in [0.2, 0.25) is 6.79 Å². The fraction of sp³-hybridized carbons (Fsp3) is 0.286. The number of hydrogen-bond acceptors (Lipinski definition) is 4. The predicted molar refractivity (Wildman–Crippen MR) is 103 cm³/mol. The smallest absolute Gasteiger partial charge is 0.231 e. The molecular weight excluding hydrogens is 394 g/mol. The van der Waals surface area contributed by atoms with Crippen LogP contribution in [0.15, 0.2) is 47.0 Å². The van der Waals surface area contributed by atoms with Crippen LogP contribution in [0.5, 0.6) is 11.5 Å². The highest BCUT2D eigenvalue weighted by Gasteiger charge is 2.39. The number of carbonyl (C=O) groups is 1. The summed E-state index contributed by atoms with van der Waals surface area (Å²) in [6, 6.07) is 10.2. The number of halogens is 1. The zero-order chi connectivity index (χ0) is 17.8. The van der Waals surface area contributed by atoms with Crippen LogP contribution in [0.1, 0.15) is 46.8 Å². The minimum Gasteiger partial charge on any atom is -0.454 e. The van der Waals surface area contributed by atoms with Gasteiger partial charge in [0.1, 0.15) is 0 Å². The molecule has 0 fully saturated rings. The van der Waals surface area contributed by atoms with E-state index in [-0.39, 0.29) is 18.6 Å². The first-order valence-corrected chi connectivity index (χ1v) is 9.58. The maximum atomic E-state index is 11.8. The van der Waals surface area contributed by atoms with Crippen molar-refractivity contribution in [3.63, 3.8) is 0 Å². The normalized spacial score (nSPS) is 24.8. The highest BCUT2D eigenvalue weighted by Crippen LogP contribution is 2.52. The number of fused-ring (bicyclic) bond motifs is 4. The number of benzene rings is 2. The second kappa shape index (κ2) is 5.88. The van der Waals surface area contributed by atoms with Crippen molar-refractivity contribution < 1.29 is 14.3 Å². The fourth-order valence-corrected chi connectivity index (χ4v) is 4.86. The molecule has 1 aliphatic carbocycles. The van der Waals surface area contributed by atoms with Gasteiger partial charge in [-0.15, -0.1) is 0 Å². The molecule has 5 rings (SSSR count). The van der Waals surface area contributed by atoms with Gasteiger partial charge in [-0.3, -0.25) is 4.79 Å². The second-order valence-corrected chi connectivity index (χ2v) is 7.92. The molecule has 3 atom stereocenters. The third-order valence-corrected chi connectivity index (χ3v) is 6.28. The van der Waals surface area contributed by atoms with Crippen LogP contribution in [0.4, 0.5) is 5.69 Å². The molecule has 3 aliphatic rings. The second-order valence-electron chi connectivity index (χ2n) is 7.06. The Morgan fingerprint density at radius 2 is 1.96 bits per heavy atom. The third kappa shape index (κ3) is 2.37. The van der Waals surface area contributed by atoms with Gasteiger partial charge >= 0.3 is 0 Å². The molecule has 0 bridgehead atoms. The Morgan fingerprint density at radius 1 is 1.15 bits per heavy atom. The summed E-state index contributed by atoms with van der Waals surface area (Å²) < 4.78 is 12.1. The molecule has 4 nitrogen and oxygen atoms in total. The van der Waals surface area contributed by atoms with Gasteiger partial charge in [-0.25, -0.2) is 0 Å². The predicted octanol–water partition coefficient (Wildman–Crippen LogP) is 5.21. The van der Waals surface area contributed by atoms with E-state index in [2.05, 4.69) is 39.5 Å². The number of anilines is 1. The molecule has 26 heavy (non-hydrogen) atoms. The molecule has 0 amide bonds. The van der Waals surface area contributed by atoms with E-state index in [0.717, 1.165) is 33.6 Å². The molecular formula is C21H18BrNO3. The van der Waals surface area contributed by atoms with Crippen LogP contribution in [-0.2, 0) is 0 Å². The quantitative estimate of drug-likeness (QED) is 0.544. The molecule has 0 spiro atoms. The molecule has 2 aromatic carbocycles. The van der Waals surface area contributed by atoms with E-state index in [1.807, 2.05) is 24.3 Å². The maximum Gasteiger partial charge on any atom is 0.231 e. The van der Waals surface area contributed by atoms with Crippen LogP contribution < -0.4 is 14.8 Å². The number of carbonyl (C=O) groups excluding carboxylic acids is 1. The largest absolute Gasteiger partial charge is 0.454 e. The number of Topliss-reactive ketones (excluding diaryl/α,β-unsaturated/α-hetero) is 1. The lowest BCUT2D eigenvalue weighted by Crippen LogP contribution is -2.29. The molecule has 2 aliphatic heterocycles. The molecule has 2 aromatic rings. The summed E-state index contributed by atoms with van der Waals surface area (Å²) >= 11 is 3.71. The summed E-state index contributed by atoms with van der Waals surface area (Å²) in [7, 11) is 0. The molecule has 0 saturated carbocycles. The van der Waals surface area contributed by atoms with Crippen molar-refractivity contribution in [2.45, 2.75) is 25.3 Å². The SMILES string of the molecule is CC(=O)c1ccc2c(c1)[C@@H]1C=CC[C@H]1C(c1cc3c(cc1Br)OCO3)N2. The Balaban J connectivity index is 1.59. The molecule has 1 N–H and O–H groups in total. The third-order valence-electron chi connectivity index (χ3n) is 5.60. The van der Waals surface area contributed by atoms with Crippen molar-refractivity contribution in [3.05, 3.63) is 63.6 Å². The summed E-state index contributed by atoms with van der Waals surface area (Å²) in [6.07, 6.45) is 5.54. The molecule has 2 heterocycles. The summed E-state index contributed by atoms with van der Waals surface area (Å²) in [5.74, 6) is 2.40. The van der Waals surface area contributed by atoms with Crippen LogP contribution in [0.2, 0.25) is 0 Å². The molecule has 132 valence electrons. The van der Waals surface area contributed by atoms with Gasteiger partial charge < -0.3 is 14.8 Å². The minimum atomic E-state index is 0.104. The number of nitrogens with one attached hydrogen (secondary N) is 1. The molecule has 0 aromatic heterocycles.